The van der Waals surface area contributed by atoms with Gasteiger partial charge in [0.1, 0.15) is 0 Å². The van der Waals surface area contributed by atoms with Gasteiger partial charge in [0.15, 0.2) is 5.69 Å². The van der Waals surface area contributed by atoms with Crippen molar-refractivity contribution in [3.63, 3.8) is 0 Å². The van der Waals surface area contributed by atoms with Gasteiger partial charge < -0.3 is 4.74 Å². The first kappa shape index (κ1) is 17.0. The van der Waals surface area contributed by atoms with E-state index in [1.807, 2.05) is 0 Å². The second-order valence-electron chi connectivity index (χ2n) is 5.55. The van der Waals surface area contributed by atoms with E-state index < -0.39 is 17.7 Å². The van der Waals surface area contributed by atoms with Crippen molar-refractivity contribution >= 4 is 16.7 Å². The lowest BCUT2D eigenvalue weighted by molar-refractivity contribution is -0.137. The second-order valence-corrected chi connectivity index (χ2v) is 5.55. The Morgan fingerprint density at radius 2 is 1.72 bits per heavy atom. The molecule has 2 aromatic carbocycles. The third-order valence-electron chi connectivity index (χ3n) is 4.01. The van der Waals surface area contributed by atoms with Gasteiger partial charge in [-0.1, -0.05) is 36.4 Å². The van der Waals surface area contributed by atoms with Crippen LogP contribution in [-0.2, 0) is 10.9 Å². The highest BCUT2D eigenvalue weighted by molar-refractivity contribution is 6.02. The quantitative estimate of drug-likeness (QED) is 0.613. The van der Waals surface area contributed by atoms with Gasteiger partial charge in [0.05, 0.1) is 18.4 Å². The number of benzene rings is 2. The molecule has 0 aliphatic rings. The molecular weight excluding hydrogens is 331 g/mol. The molecular formula is C19H14F3NO2. The Kier molecular flexibility index (Phi) is 4.20. The lowest BCUT2D eigenvalue weighted by Gasteiger charge is -2.14. The van der Waals surface area contributed by atoms with Crippen LogP contribution in [0.15, 0.2) is 48.5 Å². The number of aryl methyl sites for hydroxylation is 1. The van der Waals surface area contributed by atoms with Gasteiger partial charge in [-0.25, -0.2) is 9.78 Å². The molecule has 0 spiro atoms. The summed E-state index contributed by atoms with van der Waals surface area (Å²) >= 11 is 0. The number of aromatic nitrogens is 1. The first-order chi connectivity index (χ1) is 11.8. The van der Waals surface area contributed by atoms with Crippen molar-refractivity contribution in [2.45, 2.75) is 13.1 Å². The molecule has 0 fully saturated rings. The highest BCUT2D eigenvalue weighted by Crippen LogP contribution is 2.36. The van der Waals surface area contributed by atoms with Crippen molar-refractivity contribution in [3.8, 4) is 11.3 Å². The number of alkyl halides is 3. The number of rotatable bonds is 2. The molecule has 1 heterocycles. The molecule has 0 aliphatic carbocycles. The lowest BCUT2D eigenvalue weighted by Crippen LogP contribution is -2.10. The van der Waals surface area contributed by atoms with E-state index in [0.29, 0.717) is 27.6 Å². The number of pyridine rings is 1. The lowest BCUT2D eigenvalue weighted by atomic mass is 9.97. The molecule has 0 amide bonds. The summed E-state index contributed by atoms with van der Waals surface area (Å²) in [6, 6.07) is 12.2. The molecule has 3 nitrogen and oxygen atoms in total. The number of hydrogen-bond donors (Lipinski definition) is 0. The van der Waals surface area contributed by atoms with Crippen LogP contribution in [0, 0.1) is 6.92 Å². The average Bonchev–Trinajstić information content (AvgIpc) is 2.61. The molecule has 0 bridgehead atoms. The number of hydrogen-bond acceptors (Lipinski definition) is 3. The zero-order valence-electron chi connectivity index (χ0n) is 13.5. The van der Waals surface area contributed by atoms with E-state index in [-0.39, 0.29) is 5.69 Å². The van der Waals surface area contributed by atoms with E-state index in [1.54, 1.807) is 37.3 Å². The third-order valence-corrected chi connectivity index (χ3v) is 4.01. The topological polar surface area (TPSA) is 39.2 Å². The molecule has 0 atom stereocenters. The fraction of sp³-hybridized carbons (Fsp3) is 0.158. The predicted octanol–water partition coefficient (Wildman–Crippen LogP) is 5.02. The van der Waals surface area contributed by atoms with Crippen molar-refractivity contribution in [1.29, 1.82) is 0 Å². The van der Waals surface area contributed by atoms with Crippen LogP contribution in [0.3, 0.4) is 0 Å². The summed E-state index contributed by atoms with van der Waals surface area (Å²) in [6.45, 7) is 1.64. The number of carbonyl (C=O) groups is 1. The minimum atomic E-state index is -4.46. The van der Waals surface area contributed by atoms with Gasteiger partial charge in [0, 0.05) is 10.9 Å². The molecule has 0 aliphatic heterocycles. The number of methoxy groups -OCH3 is 1. The normalized spacial score (nSPS) is 11.6. The molecule has 0 unspecified atom stereocenters. The third kappa shape index (κ3) is 3.07. The van der Waals surface area contributed by atoms with E-state index in [2.05, 4.69) is 4.98 Å². The molecule has 1 aromatic heterocycles. The van der Waals surface area contributed by atoms with Crippen molar-refractivity contribution in [2.75, 3.05) is 7.11 Å². The maximum Gasteiger partial charge on any atom is 0.416 e. The fourth-order valence-electron chi connectivity index (χ4n) is 2.74. The predicted molar refractivity (Wildman–Crippen MR) is 88.3 cm³/mol. The van der Waals surface area contributed by atoms with Crippen LogP contribution in [-0.4, -0.2) is 18.1 Å². The highest BCUT2D eigenvalue weighted by Gasteiger charge is 2.31. The Labute approximate surface area is 142 Å². The molecule has 0 saturated heterocycles. The molecule has 0 saturated carbocycles. The minimum Gasteiger partial charge on any atom is -0.464 e. The van der Waals surface area contributed by atoms with Gasteiger partial charge in [-0.15, -0.1) is 0 Å². The van der Waals surface area contributed by atoms with Gasteiger partial charge in [-0.3, -0.25) is 0 Å². The number of fused-ring (bicyclic) bond motifs is 1. The molecule has 3 rings (SSSR count). The largest absolute Gasteiger partial charge is 0.464 e. The smallest absolute Gasteiger partial charge is 0.416 e. The molecule has 128 valence electrons. The van der Waals surface area contributed by atoms with Gasteiger partial charge in [0.25, 0.3) is 0 Å². The van der Waals surface area contributed by atoms with Gasteiger partial charge >= 0.3 is 12.1 Å². The first-order valence-corrected chi connectivity index (χ1v) is 7.48. The van der Waals surface area contributed by atoms with Crippen molar-refractivity contribution in [3.05, 3.63) is 65.4 Å². The van der Waals surface area contributed by atoms with Crippen LogP contribution < -0.4 is 0 Å². The Hall–Kier alpha value is -2.89. The van der Waals surface area contributed by atoms with E-state index in [0.717, 1.165) is 12.1 Å². The summed E-state index contributed by atoms with van der Waals surface area (Å²) in [5, 5.41) is 0.869. The zero-order chi connectivity index (χ0) is 18.2. The van der Waals surface area contributed by atoms with Crippen LogP contribution in [0.5, 0.6) is 0 Å². The van der Waals surface area contributed by atoms with Gasteiger partial charge in [0.2, 0.25) is 0 Å². The van der Waals surface area contributed by atoms with Crippen molar-refractivity contribution < 1.29 is 22.7 Å². The average molecular weight is 345 g/mol. The summed E-state index contributed by atoms with van der Waals surface area (Å²) in [6.07, 6.45) is -4.46. The van der Waals surface area contributed by atoms with Crippen LogP contribution in [0.4, 0.5) is 13.2 Å². The standard InChI is InChI=1S/C19H14F3NO2/c1-11-14-9-8-13(19(20,21)22)10-15(14)17(12-6-4-3-5-7-12)23-16(11)18(24)25-2/h3-10H,1-2H3. The maximum absolute atomic E-state index is 13.1. The Bertz CT molecular complexity index is 950. The molecule has 6 heteroatoms. The molecule has 0 radical (unpaired) electrons. The number of ether oxygens (including phenoxy) is 1. The molecule has 0 N–H and O–H groups in total. The summed E-state index contributed by atoms with van der Waals surface area (Å²) in [5.74, 6) is -0.628. The monoisotopic (exact) mass is 345 g/mol. The Balaban J connectivity index is 2.40. The summed E-state index contributed by atoms with van der Waals surface area (Å²) < 4.78 is 44.1. The van der Waals surface area contributed by atoms with E-state index in [9.17, 15) is 18.0 Å². The summed E-state index contributed by atoms with van der Waals surface area (Å²) in [4.78, 5) is 16.3. The van der Waals surface area contributed by atoms with E-state index in [4.69, 9.17) is 4.74 Å². The second kappa shape index (κ2) is 6.20. The maximum atomic E-state index is 13.1. The van der Waals surface area contributed by atoms with Crippen LogP contribution >= 0.6 is 0 Å². The number of esters is 1. The number of halogens is 3. The molecule has 25 heavy (non-hydrogen) atoms. The molecule has 3 aromatic rings. The van der Waals surface area contributed by atoms with Gasteiger partial charge in [-0.2, -0.15) is 13.2 Å². The minimum absolute atomic E-state index is 0.0913. The van der Waals surface area contributed by atoms with Crippen LogP contribution in [0.25, 0.3) is 22.0 Å². The summed E-state index contributed by atoms with van der Waals surface area (Å²) in [5.41, 5.74) is 0.748. The van der Waals surface area contributed by atoms with E-state index in [1.165, 1.54) is 13.2 Å². The SMILES string of the molecule is COC(=O)c1nc(-c2ccccc2)c2cc(C(F)(F)F)ccc2c1C. The van der Waals surface area contributed by atoms with Crippen molar-refractivity contribution in [2.24, 2.45) is 0 Å². The summed E-state index contributed by atoms with van der Waals surface area (Å²) in [7, 11) is 1.24. The van der Waals surface area contributed by atoms with Crippen LogP contribution in [0.1, 0.15) is 21.6 Å². The van der Waals surface area contributed by atoms with Crippen LogP contribution in [0.2, 0.25) is 0 Å². The van der Waals surface area contributed by atoms with Gasteiger partial charge in [-0.05, 0) is 30.0 Å². The zero-order valence-corrected chi connectivity index (χ0v) is 13.5. The number of carbonyl (C=O) groups excluding carboxylic acids is 1. The van der Waals surface area contributed by atoms with Crippen molar-refractivity contribution in [1.82, 2.24) is 4.98 Å². The van der Waals surface area contributed by atoms with E-state index >= 15 is 0 Å². The Morgan fingerprint density at radius 1 is 1.04 bits per heavy atom. The fourth-order valence-corrected chi connectivity index (χ4v) is 2.74. The Morgan fingerprint density at radius 3 is 2.32 bits per heavy atom. The first-order valence-electron chi connectivity index (χ1n) is 7.48. The number of nitrogens with zero attached hydrogens (tertiary/aromatic N) is 1. The highest BCUT2D eigenvalue weighted by atomic mass is 19.4.